The number of hydrazone groups is 1. The molecule has 0 amide bonds. The minimum absolute atomic E-state index is 0.0779. The predicted octanol–water partition coefficient (Wildman–Crippen LogP) is 3.75. The van der Waals surface area contributed by atoms with Crippen molar-refractivity contribution in [3.8, 4) is 0 Å². The van der Waals surface area contributed by atoms with Crippen molar-refractivity contribution in [2.75, 3.05) is 18.5 Å². The van der Waals surface area contributed by atoms with Gasteiger partial charge in [0.2, 0.25) is 10.0 Å². The number of nitro groups is 1. The van der Waals surface area contributed by atoms with Crippen LogP contribution in [-0.2, 0) is 10.0 Å². The molecular formula is C20H24N4O4S. The highest BCUT2D eigenvalue weighted by molar-refractivity contribution is 7.89. The highest BCUT2D eigenvalue weighted by atomic mass is 32.2. The molecule has 0 aliphatic carbocycles. The number of sulfonamides is 1. The Labute approximate surface area is 170 Å². The van der Waals surface area contributed by atoms with E-state index >= 15 is 0 Å². The molecule has 0 saturated carbocycles. The molecule has 1 aliphatic rings. The van der Waals surface area contributed by atoms with Crippen molar-refractivity contribution in [3.63, 3.8) is 0 Å². The molecule has 154 valence electrons. The number of benzene rings is 2. The number of anilines is 1. The number of nitrogens with one attached hydrogen (secondary N) is 1. The van der Waals surface area contributed by atoms with Crippen molar-refractivity contribution in [1.82, 2.24) is 4.31 Å². The number of aryl methyl sites for hydroxylation is 3. The number of hydrogen-bond acceptors (Lipinski definition) is 6. The second kappa shape index (κ2) is 8.30. The van der Waals surface area contributed by atoms with E-state index in [2.05, 4.69) is 10.5 Å². The van der Waals surface area contributed by atoms with E-state index in [1.165, 1.54) is 16.4 Å². The summed E-state index contributed by atoms with van der Waals surface area (Å²) in [5.74, 6) is 0. The van der Waals surface area contributed by atoms with Gasteiger partial charge in [0, 0.05) is 24.7 Å². The second-order valence-electron chi connectivity index (χ2n) is 7.23. The summed E-state index contributed by atoms with van der Waals surface area (Å²) >= 11 is 0. The van der Waals surface area contributed by atoms with Crippen LogP contribution in [0.5, 0.6) is 0 Å². The third kappa shape index (κ3) is 4.46. The first-order valence-electron chi connectivity index (χ1n) is 9.35. The van der Waals surface area contributed by atoms with Crippen LogP contribution in [0, 0.1) is 30.9 Å². The van der Waals surface area contributed by atoms with E-state index < -0.39 is 14.9 Å². The quantitative estimate of drug-likeness (QED) is 0.439. The molecule has 0 spiro atoms. The Kier molecular flexibility index (Phi) is 5.99. The van der Waals surface area contributed by atoms with Gasteiger partial charge in [0.1, 0.15) is 5.69 Å². The van der Waals surface area contributed by atoms with Crippen LogP contribution in [0.15, 0.2) is 40.3 Å². The zero-order valence-corrected chi connectivity index (χ0v) is 17.5. The lowest BCUT2D eigenvalue weighted by atomic mass is 10.0. The number of hydrogen-bond donors (Lipinski definition) is 1. The first-order chi connectivity index (χ1) is 13.7. The average Bonchev–Trinajstić information content (AvgIpc) is 3.19. The molecule has 0 aromatic heterocycles. The molecule has 8 nitrogen and oxygen atoms in total. The van der Waals surface area contributed by atoms with Crippen LogP contribution in [0.4, 0.5) is 11.4 Å². The summed E-state index contributed by atoms with van der Waals surface area (Å²) in [4.78, 5) is 10.8. The van der Waals surface area contributed by atoms with Crippen molar-refractivity contribution in [2.24, 2.45) is 5.10 Å². The molecule has 9 heteroatoms. The third-order valence-corrected chi connectivity index (χ3v) is 6.88. The lowest BCUT2D eigenvalue weighted by Crippen LogP contribution is -2.27. The van der Waals surface area contributed by atoms with E-state index in [0.29, 0.717) is 13.1 Å². The zero-order chi connectivity index (χ0) is 21.2. The first-order valence-corrected chi connectivity index (χ1v) is 10.8. The maximum absolute atomic E-state index is 12.7. The van der Waals surface area contributed by atoms with Crippen molar-refractivity contribution in [3.05, 3.63) is 62.7 Å². The molecule has 1 heterocycles. The summed E-state index contributed by atoms with van der Waals surface area (Å²) in [5.41, 5.74) is 6.66. The monoisotopic (exact) mass is 416 g/mol. The SMILES string of the molecule is Cc1cc(C)c(C=NNc2ccc(S(=O)(=O)N3CCCC3)cc2[N+](=O)[O-])c(C)c1. The fraction of sp³-hybridized carbons (Fsp3) is 0.350. The standard InChI is InChI=1S/C20H24N4O4S/c1-14-10-15(2)18(16(3)11-14)13-21-22-19-7-6-17(12-20(19)24(25)26)29(27,28)23-8-4-5-9-23/h6-7,10-13,22H,4-5,8-9H2,1-3H3. The minimum atomic E-state index is -3.73. The first kappa shape index (κ1) is 20.9. The molecular weight excluding hydrogens is 392 g/mol. The van der Waals surface area contributed by atoms with Crippen LogP contribution in [0.3, 0.4) is 0 Å². The molecule has 0 unspecified atom stereocenters. The van der Waals surface area contributed by atoms with Crippen LogP contribution in [-0.4, -0.2) is 37.0 Å². The molecule has 2 aromatic rings. The molecule has 0 atom stereocenters. The Morgan fingerprint density at radius 2 is 1.72 bits per heavy atom. The van der Waals surface area contributed by atoms with Gasteiger partial charge >= 0.3 is 0 Å². The minimum Gasteiger partial charge on any atom is -0.272 e. The molecule has 0 bridgehead atoms. The topological polar surface area (TPSA) is 105 Å². The van der Waals surface area contributed by atoms with Crippen LogP contribution >= 0.6 is 0 Å². The van der Waals surface area contributed by atoms with Gasteiger partial charge in [-0.15, -0.1) is 0 Å². The van der Waals surface area contributed by atoms with Gasteiger partial charge in [-0.2, -0.15) is 9.41 Å². The fourth-order valence-electron chi connectivity index (χ4n) is 3.56. The summed E-state index contributed by atoms with van der Waals surface area (Å²) in [7, 11) is -3.73. The predicted molar refractivity (Wildman–Crippen MR) is 113 cm³/mol. The van der Waals surface area contributed by atoms with E-state index in [4.69, 9.17) is 0 Å². The van der Waals surface area contributed by atoms with Gasteiger partial charge in [-0.05, 0) is 56.9 Å². The Hall–Kier alpha value is -2.78. The van der Waals surface area contributed by atoms with Crippen LogP contribution < -0.4 is 5.43 Å². The van der Waals surface area contributed by atoms with Gasteiger partial charge in [-0.3, -0.25) is 15.5 Å². The highest BCUT2D eigenvalue weighted by Gasteiger charge is 2.29. The van der Waals surface area contributed by atoms with E-state index in [-0.39, 0.29) is 16.3 Å². The van der Waals surface area contributed by atoms with Gasteiger partial charge in [0.05, 0.1) is 16.0 Å². The maximum atomic E-state index is 12.7. The molecule has 2 aromatic carbocycles. The normalized spacial score (nSPS) is 15.1. The molecule has 1 aliphatic heterocycles. The largest absolute Gasteiger partial charge is 0.295 e. The fourth-order valence-corrected chi connectivity index (χ4v) is 5.09. The summed E-state index contributed by atoms with van der Waals surface area (Å²) in [6, 6.07) is 7.92. The molecule has 0 radical (unpaired) electrons. The Morgan fingerprint density at radius 1 is 1.10 bits per heavy atom. The van der Waals surface area contributed by atoms with Crippen LogP contribution in [0.1, 0.15) is 35.1 Å². The summed E-state index contributed by atoms with van der Waals surface area (Å²) in [6.45, 7) is 6.84. The third-order valence-electron chi connectivity index (χ3n) is 4.99. The van der Waals surface area contributed by atoms with E-state index in [1.54, 1.807) is 6.21 Å². The molecule has 29 heavy (non-hydrogen) atoms. The van der Waals surface area contributed by atoms with Crippen molar-refractivity contribution < 1.29 is 13.3 Å². The lowest BCUT2D eigenvalue weighted by molar-refractivity contribution is -0.384. The molecule has 1 fully saturated rings. The van der Waals surface area contributed by atoms with Gasteiger partial charge in [0.15, 0.2) is 0 Å². The van der Waals surface area contributed by atoms with E-state index in [9.17, 15) is 18.5 Å². The Bertz CT molecular complexity index is 1050. The Balaban J connectivity index is 1.88. The number of nitrogens with zero attached hydrogens (tertiary/aromatic N) is 3. The Morgan fingerprint density at radius 3 is 2.31 bits per heavy atom. The van der Waals surface area contributed by atoms with Crippen LogP contribution in [0.25, 0.3) is 0 Å². The summed E-state index contributed by atoms with van der Waals surface area (Å²) in [6.07, 6.45) is 3.21. The van der Waals surface area contributed by atoms with Gasteiger partial charge in [-0.25, -0.2) is 8.42 Å². The van der Waals surface area contributed by atoms with Crippen molar-refractivity contribution >= 4 is 27.6 Å². The van der Waals surface area contributed by atoms with Crippen molar-refractivity contribution in [1.29, 1.82) is 0 Å². The average molecular weight is 417 g/mol. The van der Waals surface area contributed by atoms with Gasteiger partial charge in [-0.1, -0.05) is 17.7 Å². The molecule has 1 saturated heterocycles. The van der Waals surface area contributed by atoms with Crippen molar-refractivity contribution in [2.45, 2.75) is 38.5 Å². The van der Waals surface area contributed by atoms with E-state index in [1.807, 2.05) is 32.9 Å². The molecule has 3 rings (SSSR count). The number of nitro benzene ring substituents is 1. The zero-order valence-electron chi connectivity index (χ0n) is 16.7. The van der Waals surface area contributed by atoms with E-state index in [0.717, 1.165) is 41.2 Å². The van der Waals surface area contributed by atoms with Crippen LogP contribution in [0.2, 0.25) is 0 Å². The van der Waals surface area contributed by atoms with Gasteiger partial charge < -0.3 is 0 Å². The second-order valence-corrected chi connectivity index (χ2v) is 9.17. The molecule has 1 N–H and O–H groups in total. The lowest BCUT2D eigenvalue weighted by Gasteiger charge is -2.15. The smallest absolute Gasteiger partial charge is 0.272 e. The van der Waals surface area contributed by atoms with Gasteiger partial charge in [0.25, 0.3) is 5.69 Å². The summed E-state index contributed by atoms with van der Waals surface area (Å²) < 4.78 is 26.7. The number of rotatable bonds is 6. The maximum Gasteiger partial charge on any atom is 0.295 e. The highest BCUT2D eigenvalue weighted by Crippen LogP contribution is 2.30. The summed E-state index contributed by atoms with van der Waals surface area (Å²) in [5, 5.41) is 15.6.